The zero-order chi connectivity index (χ0) is 19.3. The molecule has 0 saturated heterocycles. The number of rotatable bonds is 7. The predicted octanol–water partition coefficient (Wildman–Crippen LogP) is 3.27. The Bertz CT molecular complexity index is 1090. The summed E-state index contributed by atoms with van der Waals surface area (Å²) in [5.74, 6) is 0.978. The van der Waals surface area contributed by atoms with Crippen LogP contribution in [0, 0.1) is 0 Å². The van der Waals surface area contributed by atoms with Gasteiger partial charge in [-0.2, -0.15) is 0 Å². The first-order valence-electron chi connectivity index (χ1n) is 8.50. The molecule has 0 aliphatic carbocycles. The predicted molar refractivity (Wildman–Crippen MR) is 110 cm³/mol. The number of fused-ring (bicyclic) bond motifs is 1. The van der Waals surface area contributed by atoms with Crippen molar-refractivity contribution in [1.82, 2.24) is 24.9 Å². The first-order valence-corrected chi connectivity index (χ1v) is 10.4. The number of nitrogens with zero attached hydrogens (tertiary/aromatic N) is 4. The number of amides is 1. The molecule has 0 saturated carbocycles. The quantitative estimate of drug-likeness (QED) is 0.470. The van der Waals surface area contributed by atoms with Crippen molar-refractivity contribution in [3.8, 4) is 17.0 Å². The summed E-state index contributed by atoms with van der Waals surface area (Å²) in [5.41, 5.74) is 2.94. The molecule has 3 heterocycles. The lowest BCUT2D eigenvalue weighted by Crippen LogP contribution is -2.24. The average Bonchev–Trinajstić information content (AvgIpc) is 3.34. The summed E-state index contributed by atoms with van der Waals surface area (Å²) in [4.78, 5) is 17.0. The van der Waals surface area contributed by atoms with E-state index in [0.717, 1.165) is 27.5 Å². The van der Waals surface area contributed by atoms with E-state index >= 15 is 0 Å². The van der Waals surface area contributed by atoms with Gasteiger partial charge in [0.05, 0.1) is 18.6 Å². The van der Waals surface area contributed by atoms with Gasteiger partial charge in [-0.25, -0.2) is 0 Å². The Hall–Kier alpha value is -2.91. The van der Waals surface area contributed by atoms with Crippen molar-refractivity contribution in [2.75, 3.05) is 12.9 Å². The molecule has 142 valence electrons. The third-order valence-corrected chi connectivity index (χ3v) is 5.78. The van der Waals surface area contributed by atoms with Crippen molar-refractivity contribution < 1.29 is 9.53 Å². The molecule has 1 amide bonds. The monoisotopic (exact) mass is 411 g/mol. The van der Waals surface area contributed by atoms with Crippen molar-refractivity contribution >= 4 is 34.0 Å². The fourth-order valence-electron chi connectivity index (χ4n) is 2.66. The first kappa shape index (κ1) is 18.5. The third kappa shape index (κ3) is 4.00. The van der Waals surface area contributed by atoms with Crippen molar-refractivity contribution in [3.63, 3.8) is 0 Å². The molecule has 1 aromatic carbocycles. The Kier molecular flexibility index (Phi) is 5.54. The molecule has 1 N–H and O–H groups in total. The van der Waals surface area contributed by atoms with Gasteiger partial charge in [-0.15, -0.1) is 21.5 Å². The fraction of sp³-hybridized carbons (Fsp3) is 0.158. The van der Waals surface area contributed by atoms with Crippen LogP contribution in [-0.4, -0.2) is 38.4 Å². The fourth-order valence-corrected chi connectivity index (χ4v) is 4.33. The molecule has 4 rings (SSSR count). The van der Waals surface area contributed by atoms with Crippen LogP contribution in [0.2, 0.25) is 0 Å². The highest BCUT2D eigenvalue weighted by atomic mass is 32.2. The summed E-state index contributed by atoms with van der Waals surface area (Å²) in [7, 11) is 1.65. The SMILES string of the molecule is COc1cccc(-c2csc3nnc(SCC(=O)NCc4cccnc4)n23)c1. The summed E-state index contributed by atoms with van der Waals surface area (Å²) in [6, 6.07) is 11.6. The van der Waals surface area contributed by atoms with Gasteiger partial charge >= 0.3 is 0 Å². The molecular formula is C19H17N5O2S2. The highest BCUT2D eigenvalue weighted by molar-refractivity contribution is 7.99. The van der Waals surface area contributed by atoms with Crippen molar-refractivity contribution in [1.29, 1.82) is 0 Å². The van der Waals surface area contributed by atoms with Crippen molar-refractivity contribution in [3.05, 3.63) is 59.7 Å². The summed E-state index contributed by atoms with van der Waals surface area (Å²) in [6.07, 6.45) is 3.44. The second kappa shape index (κ2) is 8.41. The smallest absolute Gasteiger partial charge is 0.230 e. The number of nitrogens with one attached hydrogen (secondary N) is 1. The largest absolute Gasteiger partial charge is 0.497 e. The van der Waals surface area contributed by atoms with E-state index in [9.17, 15) is 4.79 Å². The van der Waals surface area contributed by atoms with E-state index in [2.05, 4.69) is 20.5 Å². The van der Waals surface area contributed by atoms with Crippen LogP contribution in [0.3, 0.4) is 0 Å². The summed E-state index contributed by atoms with van der Waals surface area (Å²) < 4.78 is 7.29. The maximum atomic E-state index is 12.2. The molecule has 0 fully saturated rings. The van der Waals surface area contributed by atoms with E-state index < -0.39 is 0 Å². The molecule has 0 radical (unpaired) electrons. The molecule has 0 spiro atoms. The number of thioether (sulfide) groups is 1. The van der Waals surface area contributed by atoms with Gasteiger partial charge in [0.25, 0.3) is 0 Å². The Balaban J connectivity index is 1.47. The van der Waals surface area contributed by atoms with E-state index in [1.54, 1.807) is 19.5 Å². The van der Waals surface area contributed by atoms with Crippen LogP contribution in [0.1, 0.15) is 5.56 Å². The van der Waals surface area contributed by atoms with Crippen LogP contribution in [0.5, 0.6) is 5.75 Å². The van der Waals surface area contributed by atoms with Gasteiger partial charge in [0.1, 0.15) is 5.75 Å². The molecule has 0 atom stereocenters. The second-order valence-electron chi connectivity index (χ2n) is 5.88. The number of carbonyl (C=O) groups is 1. The number of thiazole rings is 1. The minimum atomic E-state index is -0.0660. The Labute approximate surface area is 169 Å². The number of benzene rings is 1. The van der Waals surface area contributed by atoms with Crippen LogP contribution >= 0.6 is 23.1 Å². The van der Waals surface area contributed by atoms with Gasteiger partial charge < -0.3 is 10.1 Å². The lowest BCUT2D eigenvalue weighted by atomic mass is 10.1. The van der Waals surface area contributed by atoms with E-state index in [0.29, 0.717) is 11.7 Å². The number of pyridine rings is 1. The number of aromatic nitrogens is 4. The zero-order valence-electron chi connectivity index (χ0n) is 15.0. The van der Waals surface area contributed by atoms with E-state index in [1.165, 1.54) is 23.1 Å². The molecule has 7 nitrogen and oxygen atoms in total. The van der Waals surface area contributed by atoms with Gasteiger partial charge in [0.15, 0.2) is 5.16 Å². The summed E-state index contributed by atoms with van der Waals surface area (Å²) in [6.45, 7) is 0.454. The Morgan fingerprint density at radius 2 is 2.21 bits per heavy atom. The lowest BCUT2D eigenvalue weighted by molar-refractivity contribution is -0.118. The zero-order valence-corrected chi connectivity index (χ0v) is 16.7. The number of methoxy groups -OCH3 is 1. The van der Waals surface area contributed by atoms with Gasteiger partial charge in [0, 0.05) is 29.9 Å². The maximum Gasteiger partial charge on any atom is 0.230 e. The van der Waals surface area contributed by atoms with Crippen LogP contribution in [-0.2, 0) is 11.3 Å². The van der Waals surface area contributed by atoms with Gasteiger partial charge in [-0.1, -0.05) is 30.0 Å². The highest BCUT2D eigenvalue weighted by Crippen LogP contribution is 2.31. The Morgan fingerprint density at radius 3 is 3.04 bits per heavy atom. The van der Waals surface area contributed by atoms with E-state index in [4.69, 9.17) is 4.74 Å². The van der Waals surface area contributed by atoms with E-state index in [-0.39, 0.29) is 11.7 Å². The van der Waals surface area contributed by atoms with Gasteiger partial charge in [0.2, 0.25) is 10.9 Å². The van der Waals surface area contributed by atoms with Gasteiger partial charge in [-0.3, -0.25) is 14.2 Å². The first-order chi connectivity index (χ1) is 13.7. The normalized spacial score (nSPS) is 10.9. The Morgan fingerprint density at radius 1 is 1.29 bits per heavy atom. The van der Waals surface area contributed by atoms with Crippen LogP contribution in [0.25, 0.3) is 16.2 Å². The summed E-state index contributed by atoms with van der Waals surface area (Å²) >= 11 is 2.87. The summed E-state index contributed by atoms with van der Waals surface area (Å²) in [5, 5.41) is 14.1. The molecule has 0 bridgehead atoms. The minimum absolute atomic E-state index is 0.0660. The second-order valence-corrected chi connectivity index (χ2v) is 7.66. The minimum Gasteiger partial charge on any atom is -0.497 e. The highest BCUT2D eigenvalue weighted by Gasteiger charge is 2.15. The van der Waals surface area contributed by atoms with Crippen LogP contribution < -0.4 is 10.1 Å². The number of hydrogen-bond acceptors (Lipinski definition) is 7. The van der Waals surface area contributed by atoms with Crippen molar-refractivity contribution in [2.24, 2.45) is 0 Å². The van der Waals surface area contributed by atoms with Gasteiger partial charge in [-0.05, 0) is 23.8 Å². The number of hydrogen-bond donors (Lipinski definition) is 1. The van der Waals surface area contributed by atoms with Crippen LogP contribution in [0.4, 0.5) is 0 Å². The molecular weight excluding hydrogens is 394 g/mol. The maximum absolute atomic E-state index is 12.2. The molecule has 28 heavy (non-hydrogen) atoms. The third-order valence-electron chi connectivity index (χ3n) is 4.03. The van der Waals surface area contributed by atoms with Crippen LogP contribution in [0.15, 0.2) is 59.3 Å². The molecule has 0 aliphatic rings. The lowest BCUT2D eigenvalue weighted by Gasteiger charge is -2.06. The number of ether oxygens (including phenoxy) is 1. The molecule has 9 heteroatoms. The molecule has 4 aromatic rings. The number of carbonyl (C=O) groups excluding carboxylic acids is 1. The topological polar surface area (TPSA) is 81.4 Å². The molecule has 0 unspecified atom stereocenters. The van der Waals surface area contributed by atoms with Crippen molar-refractivity contribution in [2.45, 2.75) is 11.7 Å². The standard InChI is InChI=1S/C19H17N5O2S2/c1-26-15-6-2-5-14(8-15)16-11-27-18-22-23-19(24(16)18)28-12-17(25)21-10-13-4-3-7-20-9-13/h2-9,11H,10,12H2,1H3,(H,21,25). The molecule has 0 aliphatic heterocycles. The average molecular weight is 412 g/mol. The molecule has 3 aromatic heterocycles. The van der Waals surface area contributed by atoms with E-state index in [1.807, 2.05) is 46.2 Å².